The Hall–Kier alpha value is -4.45. The van der Waals surface area contributed by atoms with Crippen molar-refractivity contribution in [2.24, 2.45) is 11.3 Å². The highest BCUT2D eigenvalue weighted by molar-refractivity contribution is 7.90. The number of hydrogen-bond donors (Lipinski definition) is 1. The van der Waals surface area contributed by atoms with E-state index in [0.717, 1.165) is 23.8 Å². The molecule has 0 spiro atoms. The Bertz CT molecular complexity index is 1880. The summed E-state index contributed by atoms with van der Waals surface area (Å²) in [5, 5.41) is 0.184. The van der Waals surface area contributed by atoms with Crippen LogP contribution in [-0.2, 0) is 24.3 Å². The van der Waals surface area contributed by atoms with Gasteiger partial charge in [0.1, 0.15) is 17.6 Å². The molecule has 0 unspecified atom stereocenters. The van der Waals surface area contributed by atoms with Crippen LogP contribution in [0.2, 0.25) is 0 Å². The summed E-state index contributed by atoms with van der Waals surface area (Å²) >= 11 is 0. The van der Waals surface area contributed by atoms with Crippen molar-refractivity contribution in [3.63, 3.8) is 0 Å². The topological polar surface area (TPSA) is 141 Å². The summed E-state index contributed by atoms with van der Waals surface area (Å²) in [7, 11) is -2.20. The Morgan fingerprint density at radius 2 is 1.90 bits per heavy atom. The lowest BCUT2D eigenvalue weighted by Crippen LogP contribution is -2.45. The zero-order valence-corrected chi connectivity index (χ0v) is 27.6. The minimum absolute atomic E-state index is 0.106. The van der Waals surface area contributed by atoms with Crippen molar-refractivity contribution in [3.05, 3.63) is 66.7 Å². The Kier molecular flexibility index (Phi) is 8.61. The molecule has 12 heteroatoms. The van der Waals surface area contributed by atoms with Crippen molar-refractivity contribution in [3.8, 4) is 22.8 Å². The van der Waals surface area contributed by atoms with E-state index in [1.807, 2.05) is 66.7 Å². The van der Waals surface area contributed by atoms with Crippen LogP contribution in [0.3, 0.4) is 0 Å². The van der Waals surface area contributed by atoms with E-state index < -0.39 is 44.8 Å². The summed E-state index contributed by atoms with van der Waals surface area (Å²) in [6, 6.07) is 16.2. The summed E-state index contributed by atoms with van der Waals surface area (Å²) in [5.41, 5.74) is 1.08. The zero-order chi connectivity index (χ0) is 33.5. The number of fused-ring (bicyclic) bond motifs is 3. The molecule has 3 aromatic rings. The number of nitrogens with zero attached hydrogens (tertiary/aromatic N) is 2. The number of nitrogens with one attached hydrogen (secondary N) is 1. The molecule has 11 nitrogen and oxygen atoms in total. The van der Waals surface area contributed by atoms with Crippen molar-refractivity contribution in [1.82, 2.24) is 14.6 Å². The van der Waals surface area contributed by atoms with Gasteiger partial charge >= 0.3 is 6.09 Å². The molecule has 252 valence electrons. The van der Waals surface area contributed by atoms with Gasteiger partial charge < -0.3 is 14.2 Å². The number of carbonyl (C=O) groups excluding carboxylic acids is 3. The van der Waals surface area contributed by atoms with E-state index in [4.69, 9.17) is 19.2 Å². The normalized spacial score (nSPS) is 26.9. The molecule has 1 aromatic heterocycles. The average molecular weight is 674 g/mol. The highest BCUT2D eigenvalue weighted by Gasteiger charge is 2.61. The molecular weight excluding hydrogens is 634 g/mol. The molecule has 4 aliphatic rings. The van der Waals surface area contributed by atoms with Gasteiger partial charge in [-0.1, -0.05) is 42.5 Å². The largest absolute Gasteiger partial charge is 0.497 e. The lowest BCUT2D eigenvalue weighted by atomic mass is 9.91. The third kappa shape index (κ3) is 6.50. The van der Waals surface area contributed by atoms with Crippen LogP contribution in [-0.4, -0.2) is 73.7 Å². The van der Waals surface area contributed by atoms with E-state index in [-0.39, 0.29) is 37.7 Å². The van der Waals surface area contributed by atoms with Crippen molar-refractivity contribution in [2.45, 2.75) is 68.8 Å². The standard InChI is InChI=1S/C36H39N3O8S/c1-45-25-12-15-28-30(17-25)37-29(23-9-5-4-6-10-23)19-33(28)47-26-18-31-32(40)21-36(34(41)38-48(43,44)27-13-14-27)20-24(36)11-7-2-3-8-16-46-35(42)39(31)22-26/h4-7,9-12,15,17,19,24,26-27,31H,2-3,8,13-14,16,18,20-22H2,1H3,(H,38,41)/b11-7-/t24-,26-,31+,36-/m1/s1. The molecule has 3 fully saturated rings. The molecule has 3 heterocycles. The fourth-order valence-corrected chi connectivity index (χ4v) is 8.23. The first-order chi connectivity index (χ1) is 23.2. The Morgan fingerprint density at radius 3 is 2.67 bits per heavy atom. The number of cyclic esters (lactones) is 1. The molecular formula is C36H39N3O8S. The third-order valence-electron chi connectivity index (χ3n) is 9.84. The Morgan fingerprint density at radius 1 is 1.08 bits per heavy atom. The average Bonchev–Trinajstić information content (AvgIpc) is 4.01. The van der Waals surface area contributed by atoms with Gasteiger partial charge in [0.05, 0.1) is 48.2 Å². The van der Waals surface area contributed by atoms with Gasteiger partial charge in [0.25, 0.3) is 0 Å². The maximum Gasteiger partial charge on any atom is 0.410 e. The van der Waals surface area contributed by atoms with Crippen LogP contribution in [0.4, 0.5) is 4.79 Å². The monoisotopic (exact) mass is 673 g/mol. The second-order valence-corrected chi connectivity index (χ2v) is 15.2. The van der Waals surface area contributed by atoms with Crippen LogP contribution < -0.4 is 14.2 Å². The minimum atomic E-state index is -3.79. The minimum Gasteiger partial charge on any atom is -0.497 e. The van der Waals surface area contributed by atoms with Gasteiger partial charge in [-0.2, -0.15) is 0 Å². The van der Waals surface area contributed by atoms with Crippen LogP contribution in [0.25, 0.3) is 22.2 Å². The van der Waals surface area contributed by atoms with Crippen LogP contribution in [0, 0.1) is 11.3 Å². The molecule has 4 atom stereocenters. The van der Waals surface area contributed by atoms with Gasteiger partial charge in [-0.25, -0.2) is 18.2 Å². The van der Waals surface area contributed by atoms with E-state index in [2.05, 4.69) is 4.72 Å². The molecule has 1 saturated heterocycles. The Labute approximate surface area is 279 Å². The van der Waals surface area contributed by atoms with Gasteiger partial charge in [0.2, 0.25) is 15.9 Å². The number of amides is 2. The SMILES string of the molecule is COc1ccc2c(O[C@@H]3C[C@H]4C(=O)C[C@]5(C(=O)NS(=O)(=O)C6CC6)C[C@H]5/C=C\CCCCOC(=O)N4C3)cc(-c3ccccc3)nc2c1. The molecule has 48 heavy (non-hydrogen) atoms. The number of sulfonamides is 1. The summed E-state index contributed by atoms with van der Waals surface area (Å²) in [6.45, 7) is 0.329. The van der Waals surface area contributed by atoms with Crippen LogP contribution in [0.15, 0.2) is 66.7 Å². The van der Waals surface area contributed by atoms with Gasteiger partial charge in [-0.05, 0) is 56.6 Å². The van der Waals surface area contributed by atoms with Crippen LogP contribution >= 0.6 is 0 Å². The molecule has 2 saturated carbocycles. The summed E-state index contributed by atoms with van der Waals surface area (Å²) in [4.78, 5) is 47.3. The molecule has 2 aromatic carbocycles. The van der Waals surface area contributed by atoms with Crippen molar-refractivity contribution < 1.29 is 37.0 Å². The number of methoxy groups -OCH3 is 1. The number of allylic oxidation sites excluding steroid dienone is 2. The molecule has 2 aliphatic carbocycles. The van der Waals surface area contributed by atoms with Gasteiger partial charge in [-0.3, -0.25) is 19.2 Å². The fourth-order valence-electron chi connectivity index (χ4n) is 6.85. The number of carbonyl (C=O) groups is 3. The number of benzene rings is 2. The van der Waals surface area contributed by atoms with Crippen molar-refractivity contribution in [1.29, 1.82) is 0 Å². The molecule has 7 rings (SSSR count). The first-order valence-electron chi connectivity index (χ1n) is 16.6. The van der Waals surface area contributed by atoms with E-state index in [0.29, 0.717) is 48.4 Å². The highest BCUT2D eigenvalue weighted by Crippen LogP contribution is 2.57. The third-order valence-corrected chi connectivity index (χ3v) is 11.7. The smallest absolute Gasteiger partial charge is 0.410 e. The number of hydrogen-bond acceptors (Lipinski definition) is 9. The van der Waals surface area contributed by atoms with Crippen LogP contribution in [0.5, 0.6) is 11.5 Å². The molecule has 2 aliphatic heterocycles. The first-order valence-corrected chi connectivity index (χ1v) is 18.1. The second kappa shape index (κ2) is 12.9. The molecule has 0 bridgehead atoms. The maximum absolute atomic E-state index is 14.1. The quantitative estimate of drug-likeness (QED) is 0.336. The number of rotatable bonds is 7. The number of Topliss-reactive ketones (excluding diaryl/α,β-unsaturated/α-hetero) is 1. The predicted molar refractivity (Wildman–Crippen MR) is 178 cm³/mol. The summed E-state index contributed by atoms with van der Waals surface area (Å²) in [6.07, 6.45) is 6.29. The lowest BCUT2D eigenvalue weighted by molar-refractivity contribution is -0.131. The zero-order valence-electron chi connectivity index (χ0n) is 26.8. The fraction of sp³-hybridized carbons (Fsp3) is 0.444. The second-order valence-electron chi connectivity index (χ2n) is 13.2. The van der Waals surface area contributed by atoms with E-state index in [1.165, 1.54) is 4.90 Å². The molecule has 0 radical (unpaired) electrons. The van der Waals surface area contributed by atoms with Gasteiger partial charge in [0, 0.05) is 35.9 Å². The summed E-state index contributed by atoms with van der Waals surface area (Å²) in [5.74, 6) is -0.0286. The first kappa shape index (κ1) is 32.1. The Balaban J connectivity index is 1.18. The number of aromatic nitrogens is 1. The molecule has 1 N–H and O–H groups in total. The van der Waals surface area contributed by atoms with Gasteiger partial charge in [-0.15, -0.1) is 0 Å². The molecule has 2 amide bonds. The van der Waals surface area contributed by atoms with Crippen LogP contribution in [0.1, 0.15) is 51.4 Å². The number of ketones is 1. The van der Waals surface area contributed by atoms with Crippen molar-refractivity contribution >= 4 is 38.7 Å². The maximum atomic E-state index is 14.1. The van der Waals surface area contributed by atoms with Crippen molar-refractivity contribution in [2.75, 3.05) is 20.3 Å². The number of pyridine rings is 1. The lowest BCUT2D eigenvalue weighted by Gasteiger charge is -2.25. The van der Waals surface area contributed by atoms with Gasteiger partial charge in [0.15, 0.2) is 5.78 Å². The summed E-state index contributed by atoms with van der Waals surface area (Å²) < 4.78 is 45.3. The highest BCUT2D eigenvalue weighted by atomic mass is 32.2. The number of ether oxygens (including phenoxy) is 3. The predicted octanol–water partition coefficient (Wildman–Crippen LogP) is 5.18. The van der Waals surface area contributed by atoms with E-state index >= 15 is 0 Å². The van der Waals surface area contributed by atoms with E-state index in [1.54, 1.807) is 7.11 Å². The van der Waals surface area contributed by atoms with E-state index in [9.17, 15) is 22.8 Å².